The zero-order valence-electron chi connectivity index (χ0n) is 8.97. The largest absolute Gasteiger partial charge is 0.391 e. The molecule has 0 atom stereocenters. The van der Waals surface area contributed by atoms with Gasteiger partial charge in [0.1, 0.15) is 4.21 Å². The Hall–Kier alpha value is -0.470. The van der Waals surface area contributed by atoms with Crippen LogP contribution in [0.1, 0.15) is 11.3 Å². The molecule has 0 aliphatic heterocycles. The van der Waals surface area contributed by atoms with Crippen LogP contribution in [0.25, 0.3) is 0 Å². The molecular weight excluding hydrogens is 250 g/mol. The third-order valence-electron chi connectivity index (χ3n) is 1.88. The van der Waals surface area contributed by atoms with Crippen LogP contribution < -0.4 is 4.72 Å². The van der Waals surface area contributed by atoms with Gasteiger partial charge in [0.05, 0.1) is 6.61 Å². The van der Waals surface area contributed by atoms with Crippen molar-refractivity contribution in [2.24, 2.45) is 0 Å². The lowest BCUT2D eigenvalue weighted by atomic mass is 10.5. The number of hydrogen-bond acceptors (Lipinski definition) is 5. The van der Waals surface area contributed by atoms with Gasteiger partial charge in [-0.3, -0.25) is 0 Å². The molecule has 0 saturated heterocycles. The molecule has 0 bridgehead atoms. The van der Waals surface area contributed by atoms with Crippen molar-refractivity contribution in [2.75, 3.05) is 20.3 Å². The van der Waals surface area contributed by atoms with E-state index in [2.05, 4.69) is 4.72 Å². The summed E-state index contributed by atoms with van der Waals surface area (Å²) in [6.07, 6.45) is 0.633. The minimum absolute atomic E-state index is 0.135. The molecule has 0 aliphatic carbocycles. The highest BCUT2D eigenvalue weighted by molar-refractivity contribution is 7.91. The predicted octanol–water partition coefficient (Wildman–Crippen LogP) is 0.555. The summed E-state index contributed by atoms with van der Waals surface area (Å²) in [5.41, 5.74) is 0. The fraction of sp³-hybridized carbons (Fsp3) is 0.556. The summed E-state index contributed by atoms with van der Waals surface area (Å²) in [5.74, 6) is 0. The summed E-state index contributed by atoms with van der Waals surface area (Å²) in [6.45, 7) is 0.737. The van der Waals surface area contributed by atoms with Crippen molar-refractivity contribution in [1.82, 2.24) is 4.72 Å². The molecule has 1 aromatic rings. The van der Waals surface area contributed by atoms with Crippen LogP contribution in [0, 0.1) is 0 Å². The van der Waals surface area contributed by atoms with Gasteiger partial charge in [-0.1, -0.05) is 0 Å². The topological polar surface area (TPSA) is 75.6 Å². The van der Waals surface area contributed by atoms with E-state index in [4.69, 9.17) is 9.84 Å². The number of rotatable bonds is 7. The Labute approximate surface area is 99.1 Å². The second kappa shape index (κ2) is 6.31. The summed E-state index contributed by atoms with van der Waals surface area (Å²) >= 11 is 1.07. The van der Waals surface area contributed by atoms with Gasteiger partial charge in [0.25, 0.3) is 0 Å². The average molecular weight is 265 g/mol. The van der Waals surface area contributed by atoms with Crippen LogP contribution in [0.15, 0.2) is 16.3 Å². The third kappa shape index (κ3) is 3.84. The Kier molecular flexibility index (Phi) is 5.36. The van der Waals surface area contributed by atoms with Crippen LogP contribution in [-0.2, 0) is 21.4 Å². The van der Waals surface area contributed by atoms with Gasteiger partial charge in [0.2, 0.25) is 10.0 Å². The maximum atomic E-state index is 11.7. The Morgan fingerprint density at radius 1 is 1.50 bits per heavy atom. The zero-order chi connectivity index (χ0) is 12.0. The fourth-order valence-corrected chi connectivity index (χ4v) is 3.42. The number of aliphatic hydroxyl groups is 1. The van der Waals surface area contributed by atoms with E-state index in [1.165, 1.54) is 6.07 Å². The lowest BCUT2D eigenvalue weighted by Gasteiger charge is -2.03. The number of hydrogen-bond donors (Lipinski definition) is 2. The van der Waals surface area contributed by atoms with Crippen LogP contribution in [0.2, 0.25) is 0 Å². The first-order chi connectivity index (χ1) is 7.60. The normalized spacial score (nSPS) is 11.9. The van der Waals surface area contributed by atoms with E-state index in [0.29, 0.717) is 24.4 Å². The van der Waals surface area contributed by atoms with Crippen molar-refractivity contribution in [3.8, 4) is 0 Å². The lowest BCUT2D eigenvalue weighted by Crippen LogP contribution is -2.24. The maximum Gasteiger partial charge on any atom is 0.250 e. The molecule has 1 aromatic heterocycles. The van der Waals surface area contributed by atoms with Crippen LogP contribution >= 0.6 is 11.3 Å². The van der Waals surface area contributed by atoms with E-state index in [1.807, 2.05) is 0 Å². The number of sulfonamides is 1. The van der Waals surface area contributed by atoms with Crippen molar-refractivity contribution in [3.05, 3.63) is 17.0 Å². The van der Waals surface area contributed by atoms with Crippen LogP contribution in [0.5, 0.6) is 0 Å². The number of nitrogens with one attached hydrogen (secondary N) is 1. The monoisotopic (exact) mass is 265 g/mol. The molecule has 16 heavy (non-hydrogen) atoms. The Bertz CT molecular complexity index is 413. The standard InChI is InChI=1S/C9H15NO4S2/c1-14-6-2-5-10-16(12,13)9-4-3-8(7-11)15-9/h3-4,10-11H,2,5-7H2,1H3. The number of thiophene rings is 1. The smallest absolute Gasteiger partial charge is 0.250 e. The van der Waals surface area contributed by atoms with Gasteiger partial charge >= 0.3 is 0 Å². The molecule has 0 unspecified atom stereocenters. The molecule has 0 amide bonds. The van der Waals surface area contributed by atoms with Crippen molar-refractivity contribution >= 4 is 21.4 Å². The minimum Gasteiger partial charge on any atom is -0.391 e. The van der Waals surface area contributed by atoms with E-state index in [1.54, 1.807) is 13.2 Å². The van der Waals surface area contributed by atoms with E-state index >= 15 is 0 Å². The fourth-order valence-electron chi connectivity index (χ4n) is 1.08. The van der Waals surface area contributed by atoms with Gasteiger partial charge in [0, 0.05) is 25.1 Å². The molecule has 1 rings (SSSR count). The van der Waals surface area contributed by atoms with Gasteiger partial charge in [-0.2, -0.15) is 0 Å². The average Bonchev–Trinajstić information content (AvgIpc) is 2.73. The Morgan fingerprint density at radius 2 is 2.25 bits per heavy atom. The van der Waals surface area contributed by atoms with E-state index < -0.39 is 10.0 Å². The first-order valence-electron chi connectivity index (χ1n) is 4.78. The van der Waals surface area contributed by atoms with E-state index in [-0.39, 0.29) is 10.8 Å². The third-order valence-corrected chi connectivity index (χ3v) is 4.90. The molecule has 0 saturated carbocycles. The Balaban J connectivity index is 2.56. The van der Waals surface area contributed by atoms with Gasteiger partial charge < -0.3 is 9.84 Å². The number of aliphatic hydroxyl groups excluding tert-OH is 1. The van der Waals surface area contributed by atoms with Gasteiger partial charge in [-0.15, -0.1) is 11.3 Å². The SMILES string of the molecule is COCCCNS(=O)(=O)c1ccc(CO)s1. The minimum atomic E-state index is -3.43. The van der Waals surface area contributed by atoms with Crippen molar-refractivity contribution in [1.29, 1.82) is 0 Å². The highest BCUT2D eigenvalue weighted by atomic mass is 32.2. The molecule has 0 radical (unpaired) electrons. The molecule has 0 aromatic carbocycles. The summed E-state index contributed by atoms with van der Waals surface area (Å²) in [6, 6.07) is 3.10. The molecule has 0 spiro atoms. The maximum absolute atomic E-state index is 11.7. The highest BCUT2D eigenvalue weighted by Crippen LogP contribution is 2.21. The molecule has 0 aliphatic rings. The molecule has 0 fully saturated rings. The number of ether oxygens (including phenoxy) is 1. The highest BCUT2D eigenvalue weighted by Gasteiger charge is 2.15. The van der Waals surface area contributed by atoms with Gasteiger partial charge in [-0.05, 0) is 18.6 Å². The van der Waals surface area contributed by atoms with Crippen LogP contribution in [-0.4, -0.2) is 33.8 Å². The van der Waals surface area contributed by atoms with Crippen molar-refractivity contribution in [3.63, 3.8) is 0 Å². The summed E-state index contributed by atoms with van der Waals surface area (Å²) in [4.78, 5) is 0.636. The summed E-state index contributed by atoms with van der Waals surface area (Å²) < 4.78 is 30.9. The second-order valence-corrected chi connectivity index (χ2v) is 6.29. The molecule has 92 valence electrons. The molecule has 7 heteroatoms. The quantitative estimate of drug-likeness (QED) is 0.706. The molecule has 2 N–H and O–H groups in total. The van der Waals surface area contributed by atoms with E-state index in [0.717, 1.165) is 11.3 Å². The molecular formula is C9H15NO4S2. The van der Waals surface area contributed by atoms with Gasteiger partial charge in [-0.25, -0.2) is 13.1 Å². The second-order valence-electron chi connectivity index (χ2n) is 3.12. The van der Waals surface area contributed by atoms with Crippen LogP contribution in [0.4, 0.5) is 0 Å². The first-order valence-corrected chi connectivity index (χ1v) is 7.08. The number of methoxy groups -OCH3 is 1. The summed E-state index contributed by atoms with van der Waals surface area (Å²) in [7, 11) is -1.86. The van der Waals surface area contributed by atoms with Crippen LogP contribution in [0.3, 0.4) is 0 Å². The zero-order valence-corrected chi connectivity index (χ0v) is 10.6. The van der Waals surface area contributed by atoms with E-state index in [9.17, 15) is 8.42 Å². The van der Waals surface area contributed by atoms with Crippen molar-refractivity contribution in [2.45, 2.75) is 17.2 Å². The summed E-state index contributed by atoms with van der Waals surface area (Å²) in [5, 5.41) is 8.84. The molecule has 1 heterocycles. The predicted molar refractivity (Wildman–Crippen MR) is 61.9 cm³/mol. The molecule has 5 nitrogen and oxygen atoms in total. The lowest BCUT2D eigenvalue weighted by molar-refractivity contribution is 0.196. The van der Waals surface area contributed by atoms with Crippen molar-refractivity contribution < 1.29 is 18.3 Å². The first kappa shape index (κ1) is 13.6. The van der Waals surface area contributed by atoms with Gasteiger partial charge in [0.15, 0.2) is 0 Å². The Morgan fingerprint density at radius 3 is 2.81 bits per heavy atom.